The van der Waals surface area contributed by atoms with Crippen molar-refractivity contribution in [2.75, 3.05) is 49.6 Å². The average Bonchev–Trinajstić information content (AvgIpc) is 3.27. The Morgan fingerprint density at radius 1 is 0.853 bits per heavy atom. The van der Waals surface area contributed by atoms with Crippen LogP contribution >= 0.6 is 0 Å². The van der Waals surface area contributed by atoms with Gasteiger partial charge in [0.05, 0.1) is 29.2 Å². The number of hydrogen-bond donors (Lipinski definition) is 0. The zero-order valence-corrected chi connectivity index (χ0v) is 20.2. The number of piperazine rings is 1. The van der Waals surface area contributed by atoms with E-state index in [2.05, 4.69) is 81.1 Å². The van der Waals surface area contributed by atoms with Crippen LogP contribution in [0.1, 0.15) is 17.2 Å². The number of benzene rings is 3. The summed E-state index contributed by atoms with van der Waals surface area (Å²) < 4.78 is 25.3. The Balaban J connectivity index is 1.43. The molecule has 0 saturated carbocycles. The monoisotopic (exact) mass is 474 g/mol. The van der Waals surface area contributed by atoms with Crippen LogP contribution in [0.2, 0.25) is 0 Å². The van der Waals surface area contributed by atoms with Gasteiger partial charge in [-0.1, -0.05) is 60.7 Å². The van der Waals surface area contributed by atoms with Crippen LogP contribution in [0.15, 0.2) is 85.2 Å². The van der Waals surface area contributed by atoms with Gasteiger partial charge in [-0.05, 0) is 29.3 Å². The van der Waals surface area contributed by atoms with Crippen LogP contribution < -0.4 is 4.90 Å². The summed E-state index contributed by atoms with van der Waals surface area (Å²) in [6.45, 7) is 4.09. The fraction of sp³-hybridized carbons (Fsp3) is 0.296. The molecule has 1 aliphatic heterocycles. The van der Waals surface area contributed by atoms with Gasteiger partial charge in [-0.2, -0.15) is 0 Å². The fourth-order valence-electron chi connectivity index (χ4n) is 4.73. The fourth-order valence-corrected chi connectivity index (χ4v) is 5.32. The summed E-state index contributed by atoms with van der Waals surface area (Å²) in [5.41, 5.74) is 5.70. The first-order valence-electron chi connectivity index (χ1n) is 11.7. The van der Waals surface area contributed by atoms with Gasteiger partial charge in [0.25, 0.3) is 0 Å². The number of imidazole rings is 1. The van der Waals surface area contributed by atoms with Gasteiger partial charge in [0.15, 0.2) is 0 Å². The molecule has 1 aromatic heterocycles. The van der Waals surface area contributed by atoms with Gasteiger partial charge in [-0.15, -0.1) is 0 Å². The van der Waals surface area contributed by atoms with Crippen LogP contribution in [0.4, 0.5) is 5.69 Å². The van der Waals surface area contributed by atoms with E-state index in [1.54, 1.807) is 0 Å². The summed E-state index contributed by atoms with van der Waals surface area (Å²) in [5.74, 6) is 0.221. The van der Waals surface area contributed by atoms with Gasteiger partial charge >= 0.3 is 0 Å². The second-order valence-corrected chi connectivity index (χ2v) is 11.3. The van der Waals surface area contributed by atoms with Crippen molar-refractivity contribution in [3.8, 4) is 0 Å². The Labute approximate surface area is 201 Å². The van der Waals surface area contributed by atoms with Gasteiger partial charge < -0.3 is 9.47 Å². The maximum absolute atomic E-state index is 11.5. The third kappa shape index (κ3) is 5.00. The Hall–Kier alpha value is -3.16. The highest BCUT2D eigenvalue weighted by molar-refractivity contribution is 7.90. The summed E-state index contributed by atoms with van der Waals surface area (Å²) in [5, 5.41) is 0. The lowest BCUT2D eigenvalue weighted by Crippen LogP contribution is -2.47. The largest absolute Gasteiger partial charge is 0.369 e. The van der Waals surface area contributed by atoms with E-state index in [0.717, 1.165) is 37.2 Å². The Kier molecular flexibility index (Phi) is 6.39. The highest BCUT2D eigenvalue weighted by atomic mass is 32.2. The molecule has 1 aliphatic rings. The lowest BCUT2D eigenvalue weighted by molar-refractivity contribution is 0.272. The predicted octanol–water partition coefficient (Wildman–Crippen LogP) is 3.84. The van der Waals surface area contributed by atoms with E-state index in [0.29, 0.717) is 6.54 Å². The zero-order valence-electron chi connectivity index (χ0n) is 19.4. The zero-order chi connectivity index (χ0) is 23.5. The van der Waals surface area contributed by atoms with Crippen LogP contribution in [-0.4, -0.2) is 67.6 Å². The number of hydrogen-bond acceptors (Lipinski definition) is 5. The quantitative estimate of drug-likeness (QED) is 0.407. The first-order chi connectivity index (χ1) is 16.5. The van der Waals surface area contributed by atoms with Crippen molar-refractivity contribution in [2.24, 2.45) is 0 Å². The van der Waals surface area contributed by atoms with Crippen molar-refractivity contribution >= 4 is 26.6 Å². The first kappa shape index (κ1) is 22.6. The molecule has 6 nitrogen and oxygen atoms in total. The van der Waals surface area contributed by atoms with E-state index < -0.39 is 9.84 Å². The number of fused-ring (bicyclic) bond motifs is 1. The van der Waals surface area contributed by atoms with Gasteiger partial charge in [0, 0.05) is 44.7 Å². The molecule has 5 rings (SSSR count). The standard InChI is InChI=1S/C27H30N4O2S/c1-34(32,33)19-18-29-14-16-30(17-15-29)24-12-13-25-26(20-24)31(21-28-25)27(22-8-4-2-5-9-22)23-10-6-3-7-11-23/h2-13,20-21,27H,14-19H2,1H3. The second kappa shape index (κ2) is 9.60. The maximum atomic E-state index is 11.5. The highest BCUT2D eigenvalue weighted by Gasteiger charge is 2.21. The average molecular weight is 475 g/mol. The molecule has 0 aliphatic carbocycles. The summed E-state index contributed by atoms with van der Waals surface area (Å²) in [7, 11) is -2.93. The van der Waals surface area contributed by atoms with Gasteiger partial charge in [-0.3, -0.25) is 4.90 Å². The van der Waals surface area contributed by atoms with Crippen LogP contribution in [0.3, 0.4) is 0 Å². The summed E-state index contributed by atoms with van der Waals surface area (Å²) in [6.07, 6.45) is 3.25. The molecule has 0 spiro atoms. The Morgan fingerprint density at radius 2 is 1.47 bits per heavy atom. The molecule has 34 heavy (non-hydrogen) atoms. The van der Waals surface area contributed by atoms with Crippen molar-refractivity contribution in [3.05, 3.63) is 96.3 Å². The van der Waals surface area contributed by atoms with Crippen molar-refractivity contribution in [2.45, 2.75) is 6.04 Å². The van der Waals surface area contributed by atoms with E-state index in [1.807, 2.05) is 18.5 Å². The number of aromatic nitrogens is 2. The second-order valence-electron chi connectivity index (χ2n) is 9.01. The normalized spacial score (nSPS) is 15.3. The molecule has 7 heteroatoms. The highest BCUT2D eigenvalue weighted by Crippen LogP contribution is 2.31. The topological polar surface area (TPSA) is 58.4 Å². The van der Waals surface area contributed by atoms with E-state index in [1.165, 1.54) is 23.1 Å². The van der Waals surface area contributed by atoms with Crippen LogP contribution in [0.5, 0.6) is 0 Å². The van der Waals surface area contributed by atoms with Gasteiger partial charge in [-0.25, -0.2) is 13.4 Å². The van der Waals surface area contributed by atoms with Crippen LogP contribution in [0.25, 0.3) is 11.0 Å². The van der Waals surface area contributed by atoms with Crippen molar-refractivity contribution in [1.29, 1.82) is 0 Å². The molecular weight excluding hydrogens is 444 g/mol. The molecular formula is C27H30N4O2S. The smallest absolute Gasteiger partial charge is 0.148 e. The number of anilines is 1. The maximum Gasteiger partial charge on any atom is 0.148 e. The molecule has 0 bridgehead atoms. The minimum atomic E-state index is -2.93. The molecule has 1 fully saturated rings. The minimum Gasteiger partial charge on any atom is -0.369 e. The third-order valence-corrected chi connectivity index (χ3v) is 7.51. The molecule has 0 radical (unpaired) electrons. The van der Waals surface area contributed by atoms with Crippen molar-refractivity contribution in [3.63, 3.8) is 0 Å². The van der Waals surface area contributed by atoms with Gasteiger partial charge in [0.1, 0.15) is 9.84 Å². The van der Waals surface area contributed by atoms with E-state index in [9.17, 15) is 8.42 Å². The SMILES string of the molecule is CS(=O)(=O)CCN1CCN(c2ccc3ncn(C(c4ccccc4)c4ccccc4)c3c2)CC1. The van der Waals surface area contributed by atoms with Crippen LogP contribution in [-0.2, 0) is 9.84 Å². The predicted molar refractivity (Wildman–Crippen MR) is 138 cm³/mol. The summed E-state index contributed by atoms with van der Waals surface area (Å²) in [4.78, 5) is 9.34. The van der Waals surface area contributed by atoms with Crippen LogP contribution in [0, 0.1) is 0 Å². The number of nitrogens with zero attached hydrogens (tertiary/aromatic N) is 4. The molecule has 0 N–H and O–H groups in total. The van der Waals surface area contributed by atoms with Crippen molar-refractivity contribution < 1.29 is 8.42 Å². The van der Waals surface area contributed by atoms with Crippen molar-refractivity contribution in [1.82, 2.24) is 14.5 Å². The van der Waals surface area contributed by atoms with E-state index in [-0.39, 0.29) is 11.8 Å². The lowest BCUT2D eigenvalue weighted by Gasteiger charge is -2.36. The summed E-state index contributed by atoms with van der Waals surface area (Å²) in [6, 6.07) is 27.6. The molecule has 0 amide bonds. The van der Waals surface area contributed by atoms with E-state index in [4.69, 9.17) is 4.98 Å². The molecule has 3 aromatic carbocycles. The molecule has 1 saturated heterocycles. The third-order valence-electron chi connectivity index (χ3n) is 6.58. The molecule has 176 valence electrons. The minimum absolute atomic E-state index is 0.0375. The number of rotatable bonds is 7. The first-order valence-corrected chi connectivity index (χ1v) is 13.8. The molecule has 2 heterocycles. The number of sulfone groups is 1. The van der Waals surface area contributed by atoms with E-state index >= 15 is 0 Å². The van der Waals surface area contributed by atoms with Gasteiger partial charge in [0.2, 0.25) is 0 Å². The molecule has 4 aromatic rings. The molecule has 0 unspecified atom stereocenters. The Bertz CT molecular complexity index is 1310. The summed E-state index contributed by atoms with van der Waals surface area (Å²) >= 11 is 0. The molecule has 0 atom stereocenters. The lowest BCUT2D eigenvalue weighted by atomic mass is 9.98. The Morgan fingerprint density at radius 3 is 2.06 bits per heavy atom.